The summed E-state index contributed by atoms with van der Waals surface area (Å²) in [6.07, 6.45) is -6.26. The predicted molar refractivity (Wildman–Crippen MR) is 73.8 cm³/mol. The molecule has 0 heterocycles. The fourth-order valence-corrected chi connectivity index (χ4v) is 2.96. The average molecular weight is 390 g/mol. The van der Waals surface area contributed by atoms with Gasteiger partial charge in [0.1, 0.15) is 0 Å². The maximum absolute atomic E-state index is 12.0. The molecule has 10 heteroatoms. The van der Waals surface area contributed by atoms with Gasteiger partial charge in [-0.3, -0.25) is 4.72 Å². The number of sulfonamides is 1. The number of carboxylic acids is 1. The Hall–Kier alpha value is -1.29. The van der Waals surface area contributed by atoms with Crippen molar-refractivity contribution in [2.75, 3.05) is 10.5 Å². The minimum atomic E-state index is -4.43. The molecule has 1 aromatic carbocycles. The number of carbonyl (C=O) groups is 1. The van der Waals surface area contributed by atoms with Crippen LogP contribution in [-0.2, 0) is 10.0 Å². The molecule has 0 spiro atoms. The molecule has 1 rings (SSSR count). The molecule has 0 radical (unpaired) electrons. The van der Waals surface area contributed by atoms with Crippen molar-refractivity contribution < 1.29 is 31.5 Å². The van der Waals surface area contributed by atoms with Crippen molar-refractivity contribution in [3.8, 4) is 0 Å². The number of rotatable bonds is 6. The van der Waals surface area contributed by atoms with E-state index in [1.807, 2.05) is 4.72 Å². The van der Waals surface area contributed by atoms with Gasteiger partial charge in [0, 0.05) is 10.9 Å². The van der Waals surface area contributed by atoms with E-state index >= 15 is 0 Å². The molecule has 0 aliphatic heterocycles. The van der Waals surface area contributed by atoms with E-state index in [1.165, 1.54) is 18.2 Å². The Morgan fingerprint density at radius 2 is 1.95 bits per heavy atom. The lowest BCUT2D eigenvalue weighted by molar-refractivity contribution is -0.134. The molecular weight excluding hydrogens is 379 g/mol. The van der Waals surface area contributed by atoms with Crippen LogP contribution in [-0.4, -0.2) is 31.4 Å². The Morgan fingerprint density at radius 3 is 2.48 bits per heavy atom. The van der Waals surface area contributed by atoms with Crippen molar-refractivity contribution in [1.29, 1.82) is 0 Å². The molecule has 0 aliphatic rings. The van der Waals surface area contributed by atoms with Crippen molar-refractivity contribution in [3.63, 3.8) is 0 Å². The second-order valence-electron chi connectivity index (χ2n) is 4.13. The van der Waals surface area contributed by atoms with E-state index in [1.54, 1.807) is 0 Å². The zero-order valence-corrected chi connectivity index (χ0v) is 12.8. The fourth-order valence-electron chi connectivity index (χ4n) is 1.47. The SMILES string of the molecule is O=C(O)c1ccc(Br)cc1NS(=O)(=O)CCCC(F)(F)F. The number of anilines is 1. The van der Waals surface area contributed by atoms with Crippen molar-refractivity contribution >= 4 is 37.6 Å². The minimum absolute atomic E-state index is 0.205. The molecule has 2 N–H and O–H groups in total. The van der Waals surface area contributed by atoms with Crippen LogP contribution in [0.5, 0.6) is 0 Å². The first-order chi connectivity index (χ1) is 9.50. The number of aromatic carboxylic acids is 1. The number of nitrogens with one attached hydrogen (secondary N) is 1. The lowest BCUT2D eigenvalue weighted by Crippen LogP contribution is -2.20. The molecule has 0 aliphatic carbocycles. The Kier molecular flexibility index (Phi) is 5.62. The number of alkyl halides is 3. The first-order valence-electron chi connectivity index (χ1n) is 5.60. The van der Waals surface area contributed by atoms with E-state index in [2.05, 4.69) is 15.9 Å². The van der Waals surface area contributed by atoms with Gasteiger partial charge in [0.2, 0.25) is 10.0 Å². The normalized spacial score (nSPS) is 12.2. The van der Waals surface area contributed by atoms with Crippen LogP contribution in [0.15, 0.2) is 22.7 Å². The zero-order valence-electron chi connectivity index (χ0n) is 10.4. The van der Waals surface area contributed by atoms with Crippen LogP contribution in [0, 0.1) is 0 Å². The van der Waals surface area contributed by atoms with E-state index in [4.69, 9.17) is 5.11 Å². The smallest absolute Gasteiger partial charge is 0.389 e. The molecule has 0 saturated heterocycles. The Balaban J connectivity index is 2.84. The molecule has 1 aromatic rings. The van der Waals surface area contributed by atoms with E-state index in [9.17, 15) is 26.4 Å². The van der Waals surface area contributed by atoms with Gasteiger partial charge in [-0.1, -0.05) is 15.9 Å². The van der Waals surface area contributed by atoms with Crippen LogP contribution in [0.4, 0.5) is 18.9 Å². The Morgan fingerprint density at radius 1 is 1.33 bits per heavy atom. The van der Waals surface area contributed by atoms with E-state index in [-0.39, 0.29) is 11.3 Å². The second-order valence-corrected chi connectivity index (χ2v) is 6.89. The van der Waals surface area contributed by atoms with Gasteiger partial charge < -0.3 is 5.11 Å². The summed E-state index contributed by atoms with van der Waals surface area (Å²) in [5, 5.41) is 8.94. The van der Waals surface area contributed by atoms with Crippen molar-refractivity contribution in [3.05, 3.63) is 28.2 Å². The van der Waals surface area contributed by atoms with E-state index in [0.717, 1.165) is 0 Å². The summed E-state index contributed by atoms with van der Waals surface area (Å²) in [5.74, 6) is -2.10. The maximum Gasteiger partial charge on any atom is 0.389 e. The molecule has 0 saturated carbocycles. The number of hydrogen-bond donors (Lipinski definition) is 2. The number of hydrogen-bond acceptors (Lipinski definition) is 3. The zero-order chi connectivity index (χ0) is 16.3. The molecular formula is C11H11BrF3NO4S. The number of carboxylic acid groups (broad SMARTS) is 1. The van der Waals surface area contributed by atoms with Gasteiger partial charge >= 0.3 is 12.1 Å². The van der Waals surface area contributed by atoms with Crippen LogP contribution in [0.1, 0.15) is 23.2 Å². The van der Waals surface area contributed by atoms with Gasteiger partial charge in [-0.2, -0.15) is 13.2 Å². The van der Waals surface area contributed by atoms with Crippen molar-refractivity contribution in [1.82, 2.24) is 0 Å². The van der Waals surface area contributed by atoms with Gasteiger partial charge in [-0.15, -0.1) is 0 Å². The molecule has 0 bridgehead atoms. The first kappa shape index (κ1) is 17.8. The molecule has 21 heavy (non-hydrogen) atoms. The number of halogens is 4. The lowest BCUT2D eigenvalue weighted by atomic mass is 10.2. The number of benzene rings is 1. The largest absolute Gasteiger partial charge is 0.478 e. The van der Waals surface area contributed by atoms with Gasteiger partial charge in [0.05, 0.1) is 17.0 Å². The van der Waals surface area contributed by atoms with Crippen LogP contribution < -0.4 is 4.72 Å². The molecule has 118 valence electrons. The third-order valence-corrected chi connectivity index (χ3v) is 4.20. The third kappa shape index (κ3) is 6.34. The topological polar surface area (TPSA) is 83.5 Å². The van der Waals surface area contributed by atoms with Crippen molar-refractivity contribution in [2.45, 2.75) is 19.0 Å². The molecule has 0 unspecified atom stereocenters. The highest BCUT2D eigenvalue weighted by atomic mass is 79.9. The highest BCUT2D eigenvalue weighted by molar-refractivity contribution is 9.10. The molecule has 0 aromatic heterocycles. The highest BCUT2D eigenvalue weighted by Gasteiger charge is 2.27. The van der Waals surface area contributed by atoms with Crippen molar-refractivity contribution in [2.24, 2.45) is 0 Å². The summed E-state index contributed by atoms with van der Waals surface area (Å²) in [7, 11) is -4.06. The van der Waals surface area contributed by atoms with Gasteiger partial charge in [0.25, 0.3) is 0 Å². The van der Waals surface area contributed by atoms with Gasteiger partial charge in [-0.05, 0) is 24.6 Å². The first-order valence-corrected chi connectivity index (χ1v) is 8.05. The summed E-state index contributed by atoms with van der Waals surface area (Å²) in [6.45, 7) is 0. The Labute approximate surface area is 127 Å². The summed E-state index contributed by atoms with van der Waals surface area (Å²) in [4.78, 5) is 11.0. The quantitative estimate of drug-likeness (QED) is 0.782. The monoisotopic (exact) mass is 389 g/mol. The van der Waals surface area contributed by atoms with Crippen LogP contribution in [0.25, 0.3) is 0 Å². The molecule has 0 atom stereocenters. The minimum Gasteiger partial charge on any atom is -0.478 e. The van der Waals surface area contributed by atoms with Gasteiger partial charge in [-0.25, -0.2) is 13.2 Å². The maximum atomic E-state index is 12.0. The Bertz CT molecular complexity index is 631. The third-order valence-electron chi connectivity index (χ3n) is 2.35. The predicted octanol–water partition coefficient (Wildman–Crippen LogP) is 3.23. The van der Waals surface area contributed by atoms with Crippen LogP contribution >= 0.6 is 15.9 Å². The summed E-state index contributed by atoms with van der Waals surface area (Å²) >= 11 is 3.06. The van der Waals surface area contributed by atoms with Crippen LogP contribution in [0.3, 0.4) is 0 Å². The summed E-state index contributed by atoms with van der Waals surface area (Å²) < 4.78 is 61.7. The van der Waals surface area contributed by atoms with E-state index in [0.29, 0.717) is 4.47 Å². The molecule has 5 nitrogen and oxygen atoms in total. The fraction of sp³-hybridized carbons (Fsp3) is 0.364. The highest BCUT2D eigenvalue weighted by Crippen LogP contribution is 2.24. The summed E-state index contributed by atoms with van der Waals surface area (Å²) in [5.41, 5.74) is -0.499. The standard InChI is InChI=1S/C11H11BrF3NO4S/c12-7-2-3-8(10(17)18)9(6-7)16-21(19,20)5-1-4-11(13,14)15/h2-3,6,16H,1,4-5H2,(H,17,18). The summed E-state index contributed by atoms with van der Waals surface area (Å²) in [6, 6.07) is 3.82. The van der Waals surface area contributed by atoms with E-state index < -0.39 is 40.8 Å². The second kappa shape index (κ2) is 6.65. The van der Waals surface area contributed by atoms with Gasteiger partial charge in [0.15, 0.2) is 0 Å². The molecule has 0 fully saturated rings. The van der Waals surface area contributed by atoms with Crippen LogP contribution in [0.2, 0.25) is 0 Å². The molecule has 0 amide bonds. The lowest BCUT2D eigenvalue weighted by Gasteiger charge is -2.11. The average Bonchev–Trinajstić information content (AvgIpc) is 2.25.